The van der Waals surface area contributed by atoms with Crippen molar-refractivity contribution in [1.29, 1.82) is 0 Å². The van der Waals surface area contributed by atoms with Gasteiger partial charge in [0.05, 0.1) is 6.61 Å². The van der Waals surface area contributed by atoms with Gasteiger partial charge in [-0.1, -0.05) is 26.0 Å². The van der Waals surface area contributed by atoms with Gasteiger partial charge in [0.25, 0.3) is 0 Å². The maximum atomic E-state index is 5.59. The Hall–Kier alpha value is -1.02. The van der Waals surface area contributed by atoms with Crippen molar-refractivity contribution in [3.05, 3.63) is 29.3 Å². The van der Waals surface area contributed by atoms with Crippen molar-refractivity contribution >= 4 is 0 Å². The van der Waals surface area contributed by atoms with Crippen LogP contribution in [0.1, 0.15) is 57.1 Å². The highest BCUT2D eigenvalue weighted by molar-refractivity contribution is 5.39. The lowest BCUT2D eigenvalue weighted by atomic mass is 9.82. The Balaban J connectivity index is 1.53. The van der Waals surface area contributed by atoms with Crippen LogP contribution in [0.4, 0.5) is 0 Å². The van der Waals surface area contributed by atoms with Crippen molar-refractivity contribution in [2.75, 3.05) is 13.2 Å². The molecule has 2 atom stereocenters. The van der Waals surface area contributed by atoms with Gasteiger partial charge in [-0.2, -0.15) is 0 Å². The fourth-order valence-corrected chi connectivity index (χ4v) is 3.91. The van der Waals surface area contributed by atoms with Gasteiger partial charge in [0.1, 0.15) is 5.75 Å². The highest BCUT2D eigenvalue weighted by atomic mass is 16.5. The molecule has 0 bridgehead atoms. The SMILES string of the molecule is CCCNC1CCC(C)(CCc2ccc3c(c2)CCO3)C1. The van der Waals surface area contributed by atoms with E-state index in [1.807, 2.05) is 0 Å². The van der Waals surface area contributed by atoms with Gasteiger partial charge in [-0.25, -0.2) is 0 Å². The van der Waals surface area contributed by atoms with Crippen LogP contribution in [-0.4, -0.2) is 19.2 Å². The highest BCUT2D eigenvalue weighted by Crippen LogP contribution is 2.41. The molecule has 1 heterocycles. The first kappa shape index (κ1) is 14.9. The second-order valence-electron chi connectivity index (χ2n) is 7.25. The smallest absolute Gasteiger partial charge is 0.122 e. The quantitative estimate of drug-likeness (QED) is 0.850. The van der Waals surface area contributed by atoms with E-state index in [0.29, 0.717) is 5.41 Å². The van der Waals surface area contributed by atoms with Crippen molar-refractivity contribution in [2.45, 2.75) is 64.8 Å². The van der Waals surface area contributed by atoms with Crippen LogP contribution in [0, 0.1) is 5.41 Å². The lowest BCUT2D eigenvalue weighted by molar-refractivity contribution is 0.298. The van der Waals surface area contributed by atoms with Gasteiger partial charge < -0.3 is 10.1 Å². The normalized spacial score (nSPS) is 27.6. The number of fused-ring (bicyclic) bond motifs is 1. The third-order valence-electron chi connectivity index (χ3n) is 5.29. The van der Waals surface area contributed by atoms with Gasteiger partial charge in [0, 0.05) is 12.5 Å². The van der Waals surface area contributed by atoms with E-state index in [-0.39, 0.29) is 0 Å². The summed E-state index contributed by atoms with van der Waals surface area (Å²) in [6.45, 7) is 6.77. The summed E-state index contributed by atoms with van der Waals surface area (Å²) in [6.07, 6.45) is 8.94. The molecular formula is C19H29NO. The molecule has 2 aliphatic rings. The minimum atomic E-state index is 0.529. The van der Waals surface area contributed by atoms with Crippen LogP contribution in [0.15, 0.2) is 18.2 Å². The number of benzene rings is 1. The summed E-state index contributed by atoms with van der Waals surface area (Å²) in [6, 6.07) is 7.55. The van der Waals surface area contributed by atoms with E-state index in [1.54, 1.807) is 0 Å². The second-order valence-corrected chi connectivity index (χ2v) is 7.25. The number of ether oxygens (including phenoxy) is 1. The van der Waals surface area contributed by atoms with Crippen LogP contribution < -0.4 is 10.1 Å². The number of nitrogens with one attached hydrogen (secondary N) is 1. The van der Waals surface area contributed by atoms with Gasteiger partial charge in [-0.05, 0) is 67.7 Å². The fourth-order valence-electron chi connectivity index (χ4n) is 3.91. The zero-order valence-corrected chi connectivity index (χ0v) is 13.6. The molecule has 1 fully saturated rings. The topological polar surface area (TPSA) is 21.3 Å². The van der Waals surface area contributed by atoms with E-state index in [1.165, 1.54) is 56.2 Å². The van der Waals surface area contributed by atoms with E-state index in [4.69, 9.17) is 4.74 Å². The molecule has 1 aromatic carbocycles. The Morgan fingerprint density at radius 3 is 3.14 bits per heavy atom. The number of aryl methyl sites for hydroxylation is 1. The third kappa shape index (κ3) is 3.60. The zero-order chi connectivity index (χ0) is 14.7. The van der Waals surface area contributed by atoms with Crippen molar-refractivity contribution in [3.8, 4) is 5.75 Å². The molecular weight excluding hydrogens is 258 g/mol. The molecule has 116 valence electrons. The van der Waals surface area contributed by atoms with E-state index < -0.39 is 0 Å². The predicted octanol–water partition coefficient (Wildman–Crippen LogP) is 4.11. The minimum absolute atomic E-state index is 0.529. The summed E-state index contributed by atoms with van der Waals surface area (Å²) in [5.41, 5.74) is 3.43. The summed E-state index contributed by atoms with van der Waals surface area (Å²) < 4.78 is 5.59. The molecule has 2 heteroatoms. The molecule has 3 rings (SSSR count). The van der Waals surface area contributed by atoms with Crippen molar-refractivity contribution in [1.82, 2.24) is 5.32 Å². The molecule has 1 aromatic rings. The minimum Gasteiger partial charge on any atom is -0.493 e. The monoisotopic (exact) mass is 287 g/mol. The lowest BCUT2D eigenvalue weighted by Crippen LogP contribution is -2.28. The zero-order valence-electron chi connectivity index (χ0n) is 13.6. The summed E-state index contributed by atoms with van der Waals surface area (Å²) in [7, 11) is 0. The van der Waals surface area contributed by atoms with Gasteiger partial charge in [0.15, 0.2) is 0 Å². The van der Waals surface area contributed by atoms with Crippen molar-refractivity contribution in [3.63, 3.8) is 0 Å². The standard InChI is InChI=1S/C19H29NO/c1-3-11-20-17-7-10-19(2,14-17)9-6-15-4-5-18-16(13-15)8-12-21-18/h4-5,13,17,20H,3,6-12,14H2,1-2H3. The van der Waals surface area contributed by atoms with Crippen LogP contribution in [0.2, 0.25) is 0 Å². The predicted molar refractivity (Wildman–Crippen MR) is 88.0 cm³/mol. The number of hydrogen-bond acceptors (Lipinski definition) is 2. The van der Waals surface area contributed by atoms with Crippen LogP contribution in [0.5, 0.6) is 5.75 Å². The average molecular weight is 287 g/mol. The van der Waals surface area contributed by atoms with E-state index in [9.17, 15) is 0 Å². The first-order valence-electron chi connectivity index (χ1n) is 8.66. The molecule has 1 saturated carbocycles. The molecule has 0 spiro atoms. The lowest BCUT2D eigenvalue weighted by Gasteiger charge is -2.24. The fraction of sp³-hybridized carbons (Fsp3) is 0.684. The largest absolute Gasteiger partial charge is 0.493 e. The molecule has 0 amide bonds. The van der Waals surface area contributed by atoms with Crippen molar-refractivity contribution < 1.29 is 4.74 Å². The molecule has 0 radical (unpaired) electrons. The third-order valence-corrected chi connectivity index (χ3v) is 5.29. The summed E-state index contributed by atoms with van der Waals surface area (Å²) >= 11 is 0. The van der Waals surface area contributed by atoms with E-state index in [2.05, 4.69) is 37.4 Å². The molecule has 1 aliphatic carbocycles. The Morgan fingerprint density at radius 2 is 2.29 bits per heavy atom. The Kier molecular flexibility index (Phi) is 4.54. The van der Waals surface area contributed by atoms with E-state index >= 15 is 0 Å². The first-order valence-corrected chi connectivity index (χ1v) is 8.66. The van der Waals surface area contributed by atoms with Gasteiger partial charge >= 0.3 is 0 Å². The summed E-state index contributed by atoms with van der Waals surface area (Å²) in [5.74, 6) is 1.11. The van der Waals surface area contributed by atoms with Crippen molar-refractivity contribution in [2.24, 2.45) is 5.41 Å². The highest BCUT2D eigenvalue weighted by Gasteiger charge is 2.34. The van der Waals surface area contributed by atoms with Crippen LogP contribution in [-0.2, 0) is 12.8 Å². The molecule has 0 aromatic heterocycles. The summed E-state index contributed by atoms with van der Waals surface area (Å²) in [4.78, 5) is 0. The Morgan fingerprint density at radius 1 is 1.38 bits per heavy atom. The van der Waals surface area contributed by atoms with E-state index in [0.717, 1.165) is 24.8 Å². The Labute approximate surface area is 129 Å². The maximum Gasteiger partial charge on any atom is 0.122 e. The number of rotatable bonds is 6. The molecule has 1 aliphatic heterocycles. The average Bonchev–Trinajstić information content (AvgIpc) is 3.09. The Bertz CT molecular complexity index is 484. The van der Waals surface area contributed by atoms with Gasteiger partial charge in [-0.3, -0.25) is 0 Å². The van der Waals surface area contributed by atoms with Gasteiger partial charge in [0.2, 0.25) is 0 Å². The maximum absolute atomic E-state index is 5.59. The molecule has 21 heavy (non-hydrogen) atoms. The summed E-state index contributed by atoms with van der Waals surface area (Å²) in [5, 5.41) is 3.70. The molecule has 1 N–H and O–H groups in total. The first-order chi connectivity index (χ1) is 10.2. The van der Waals surface area contributed by atoms with Crippen LogP contribution in [0.3, 0.4) is 0 Å². The van der Waals surface area contributed by atoms with Crippen LogP contribution >= 0.6 is 0 Å². The molecule has 2 unspecified atom stereocenters. The second kappa shape index (κ2) is 6.39. The van der Waals surface area contributed by atoms with Crippen LogP contribution in [0.25, 0.3) is 0 Å². The molecule has 0 saturated heterocycles. The number of hydrogen-bond donors (Lipinski definition) is 1. The molecule has 2 nitrogen and oxygen atoms in total. The van der Waals surface area contributed by atoms with Gasteiger partial charge in [-0.15, -0.1) is 0 Å².